The summed E-state index contributed by atoms with van der Waals surface area (Å²) in [5.74, 6) is -1.97. The molecule has 3 heterocycles. The van der Waals surface area contributed by atoms with Gasteiger partial charge in [-0.3, -0.25) is 9.67 Å². The summed E-state index contributed by atoms with van der Waals surface area (Å²) >= 11 is 6.09. The molecule has 13 heteroatoms. The summed E-state index contributed by atoms with van der Waals surface area (Å²) in [7, 11) is 1.02. The molecular formula is C16H8ClF6N5O. The van der Waals surface area contributed by atoms with Gasteiger partial charge in [-0.2, -0.15) is 31.4 Å². The summed E-state index contributed by atoms with van der Waals surface area (Å²) in [4.78, 5) is 6.86. The molecule has 0 amide bonds. The summed E-state index contributed by atoms with van der Waals surface area (Å²) < 4.78 is 86.0. The van der Waals surface area contributed by atoms with Gasteiger partial charge < -0.3 is 4.74 Å². The number of fused-ring (bicyclic) bond motifs is 2. The second-order valence-electron chi connectivity index (χ2n) is 5.91. The summed E-state index contributed by atoms with van der Waals surface area (Å²) in [6.45, 7) is 0. The number of imidazole rings is 1. The van der Waals surface area contributed by atoms with Crippen molar-refractivity contribution in [1.82, 2.24) is 24.7 Å². The van der Waals surface area contributed by atoms with Crippen LogP contribution in [-0.2, 0) is 12.4 Å². The molecule has 3 aromatic heterocycles. The normalized spacial score (nSPS) is 12.8. The van der Waals surface area contributed by atoms with Crippen LogP contribution in [0.2, 0.25) is 5.02 Å². The molecule has 0 aliphatic heterocycles. The molecule has 4 aromatic rings. The highest BCUT2D eigenvalue weighted by atomic mass is 35.5. The topological polar surface area (TPSA) is 68.6 Å². The number of aromatic nitrogens is 5. The van der Waals surface area contributed by atoms with Crippen molar-refractivity contribution in [2.75, 3.05) is 7.11 Å². The molecule has 1 aromatic carbocycles. The van der Waals surface area contributed by atoms with E-state index in [2.05, 4.69) is 20.2 Å². The third-order valence-electron chi connectivity index (χ3n) is 4.09. The van der Waals surface area contributed by atoms with E-state index in [1.165, 1.54) is 12.3 Å². The average Bonchev–Trinajstić information content (AvgIpc) is 3.23. The third-order valence-corrected chi connectivity index (χ3v) is 4.39. The van der Waals surface area contributed by atoms with Crippen LogP contribution in [0.4, 0.5) is 26.3 Å². The number of benzene rings is 1. The van der Waals surface area contributed by atoms with Crippen molar-refractivity contribution >= 4 is 33.7 Å². The maximum Gasteiger partial charge on any atom is 0.450 e. The van der Waals surface area contributed by atoms with Crippen molar-refractivity contribution < 1.29 is 31.1 Å². The number of halogens is 7. The Morgan fingerprint density at radius 1 is 1.03 bits per heavy atom. The molecule has 0 saturated heterocycles. The highest BCUT2D eigenvalue weighted by Crippen LogP contribution is 2.39. The van der Waals surface area contributed by atoms with Gasteiger partial charge >= 0.3 is 12.4 Å². The zero-order chi connectivity index (χ0) is 21.1. The van der Waals surface area contributed by atoms with E-state index in [1.54, 1.807) is 0 Å². The van der Waals surface area contributed by atoms with Crippen LogP contribution in [0.1, 0.15) is 11.5 Å². The molecule has 29 heavy (non-hydrogen) atoms. The van der Waals surface area contributed by atoms with E-state index in [9.17, 15) is 26.3 Å². The number of methoxy groups -OCH3 is 1. The monoisotopic (exact) mass is 435 g/mol. The molecule has 0 atom stereocenters. The van der Waals surface area contributed by atoms with Crippen molar-refractivity contribution in [3.05, 3.63) is 40.9 Å². The first-order chi connectivity index (χ1) is 13.5. The molecule has 0 fully saturated rings. The Hall–Kier alpha value is -3.02. The van der Waals surface area contributed by atoms with Gasteiger partial charge in [0.1, 0.15) is 0 Å². The number of H-pyrrole nitrogens is 1. The van der Waals surface area contributed by atoms with Crippen LogP contribution in [0, 0.1) is 0 Å². The van der Waals surface area contributed by atoms with Crippen molar-refractivity contribution in [2.45, 2.75) is 12.4 Å². The molecule has 0 radical (unpaired) electrons. The number of ether oxygens (including phenoxy) is 1. The van der Waals surface area contributed by atoms with E-state index in [-0.39, 0.29) is 10.7 Å². The fraction of sp³-hybridized carbons (Fsp3) is 0.188. The number of alkyl halides is 6. The van der Waals surface area contributed by atoms with E-state index < -0.39 is 40.8 Å². The zero-order valence-corrected chi connectivity index (χ0v) is 14.9. The Morgan fingerprint density at radius 3 is 2.38 bits per heavy atom. The first kappa shape index (κ1) is 19.3. The molecule has 0 spiro atoms. The minimum Gasteiger partial charge on any atom is -0.494 e. The quantitative estimate of drug-likeness (QED) is 0.450. The molecular weight excluding hydrogens is 428 g/mol. The second kappa shape index (κ2) is 6.24. The molecule has 0 bridgehead atoms. The molecule has 152 valence electrons. The van der Waals surface area contributed by atoms with Crippen molar-refractivity contribution in [3.8, 4) is 11.4 Å². The standard InChI is InChI=1S/C16H8ClF6N5O/c1-29-9-4-10(15(18,19)20)25-13-12(9)26-14(16(21,22)23)28(13)7-2-6-5-24-27-11(6)8(17)3-7/h2-5H,1H3,(H,24,27). The minimum atomic E-state index is -5.00. The van der Waals surface area contributed by atoms with Crippen LogP contribution in [-0.4, -0.2) is 31.8 Å². The van der Waals surface area contributed by atoms with E-state index in [4.69, 9.17) is 16.3 Å². The molecule has 0 aliphatic rings. The van der Waals surface area contributed by atoms with Crippen LogP contribution in [0.25, 0.3) is 27.8 Å². The lowest BCUT2D eigenvalue weighted by Gasteiger charge is -2.13. The van der Waals surface area contributed by atoms with E-state index >= 15 is 0 Å². The van der Waals surface area contributed by atoms with E-state index in [0.29, 0.717) is 21.5 Å². The number of pyridine rings is 1. The predicted octanol–water partition coefficient (Wildman–Crippen LogP) is 5.00. The van der Waals surface area contributed by atoms with E-state index in [0.717, 1.165) is 13.2 Å². The van der Waals surface area contributed by atoms with Gasteiger partial charge in [0.25, 0.3) is 0 Å². The van der Waals surface area contributed by atoms with Gasteiger partial charge in [0.05, 0.1) is 29.5 Å². The summed E-state index contributed by atoms with van der Waals surface area (Å²) in [5.41, 5.74) is -2.41. The molecule has 0 unspecified atom stereocenters. The highest BCUT2D eigenvalue weighted by Gasteiger charge is 2.41. The van der Waals surface area contributed by atoms with Gasteiger partial charge in [0.2, 0.25) is 5.82 Å². The lowest BCUT2D eigenvalue weighted by molar-refractivity contribution is -0.145. The van der Waals surface area contributed by atoms with Gasteiger partial charge in [-0.25, -0.2) is 9.97 Å². The largest absolute Gasteiger partial charge is 0.494 e. The molecule has 0 saturated carbocycles. The van der Waals surface area contributed by atoms with Gasteiger partial charge in [-0.05, 0) is 12.1 Å². The molecule has 0 aliphatic carbocycles. The summed E-state index contributed by atoms with van der Waals surface area (Å²) in [6.07, 6.45) is -8.60. The Morgan fingerprint density at radius 2 is 1.76 bits per heavy atom. The number of hydrogen-bond acceptors (Lipinski definition) is 4. The first-order valence-electron chi connectivity index (χ1n) is 7.75. The van der Waals surface area contributed by atoms with Crippen LogP contribution < -0.4 is 4.74 Å². The van der Waals surface area contributed by atoms with Crippen LogP contribution in [0.15, 0.2) is 24.4 Å². The van der Waals surface area contributed by atoms with Gasteiger partial charge in [-0.15, -0.1) is 0 Å². The van der Waals surface area contributed by atoms with Crippen molar-refractivity contribution in [2.24, 2.45) is 0 Å². The fourth-order valence-electron chi connectivity index (χ4n) is 2.88. The fourth-order valence-corrected chi connectivity index (χ4v) is 3.15. The number of nitrogens with one attached hydrogen (secondary N) is 1. The van der Waals surface area contributed by atoms with E-state index in [1.807, 2.05) is 0 Å². The SMILES string of the molecule is COc1cc(C(F)(F)F)nc2c1nc(C(F)(F)F)n2-c1cc(Cl)c2[nH]ncc2c1. The maximum absolute atomic E-state index is 13.7. The van der Waals surface area contributed by atoms with Crippen molar-refractivity contribution in [1.29, 1.82) is 0 Å². The van der Waals surface area contributed by atoms with Crippen molar-refractivity contribution in [3.63, 3.8) is 0 Å². The molecule has 1 N–H and O–H groups in total. The number of hydrogen-bond donors (Lipinski definition) is 1. The van der Waals surface area contributed by atoms with Gasteiger partial charge in [0, 0.05) is 11.5 Å². The summed E-state index contributed by atoms with van der Waals surface area (Å²) in [5, 5.41) is 6.69. The number of aromatic amines is 1. The smallest absolute Gasteiger partial charge is 0.450 e. The first-order valence-corrected chi connectivity index (χ1v) is 8.13. The Balaban J connectivity index is 2.14. The predicted molar refractivity (Wildman–Crippen MR) is 90.1 cm³/mol. The lowest BCUT2D eigenvalue weighted by Crippen LogP contribution is -2.15. The molecule has 4 rings (SSSR count). The van der Waals surface area contributed by atoms with Gasteiger partial charge in [0.15, 0.2) is 22.6 Å². The summed E-state index contributed by atoms with van der Waals surface area (Å²) in [6, 6.07) is 2.91. The highest BCUT2D eigenvalue weighted by molar-refractivity contribution is 6.35. The Labute approximate surface area is 162 Å². The van der Waals surface area contributed by atoms with Gasteiger partial charge in [-0.1, -0.05) is 11.6 Å². The third kappa shape index (κ3) is 3.12. The van der Waals surface area contributed by atoms with Crippen LogP contribution in [0.3, 0.4) is 0 Å². The average molecular weight is 436 g/mol. The lowest BCUT2D eigenvalue weighted by atomic mass is 10.2. The number of rotatable bonds is 2. The second-order valence-corrected chi connectivity index (χ2v) is 6.32. The Kier molecular flexibility index (Phi) is 4.15. The van der Waals surface area contributed by atoms with Crippen LogP contribution >= 0.6 is 11.6 Å². The number of nitrogens with zero attached hydrogens (tertiary/aromatic N) is 4. The minimum absolute atomic E-state index is 0.0175. The molecule has 6 nitrogen and oxygen atoms in total. The Bertz CT molecular complexity index is 1240. The maximum atomic E-state index is 13.7. The zero-order valence-electron chi connectivity index (χ0n) is 14.2. The van der Waals surface area contributed by atoms with Crippen LogP contribution in [0.5, 0.6) is 5.75 Å².